The second-order valence-corrected chi connectivity index (χ2v) is 10.3. The van der Waals surface area contributed by atoms with Gasteiger partial charge in [0.25, 0.3) is 10.0 Å². The molecule has 0 aliphatic rings. The number of pyridine rings is 1. The molecule has 3 aromatic carbocycles. The normalized spacial score (nSPS) is 11.7. The van der Waals surface area contributed by atoms with Gasteiger partial charge in [0.15, 0.2) is 0 Å². The molecule has 2 heterocycles. The average molecular weight is 461 g/mol. The molecule has 0 fully saturated rings. The SMILES string of the molecule is CN(C)c1cccc2c(S(=O)(=O)Nc3cccc(-c4nc5ccncc5s4)c3)cccc12. The zero-order chi connectivity index (χ0) is 22.3. The fourth-order valence-electron chi connectivity index (χ4n) is 3.72. The Kier molecular flexibility index (Phi) is 5.03. The summed E-state index contributed by atoms with van der Waals surface area (Å²) < 4.78 is 30.4. The van der Waals surface area contributed by atoms with Gasteiger partial charge >= 0.3 is 0 Å². The number of benzene rings is 3. The summed E-state index contributed by atoms with van der Waals surface area (Å²) in [5.74, 6) is 0. The number of sulfonamides is 1. The Hall–Kier alpha value is -3.49. The molecule has 0 aliphatic heterocycles. The van der Waals surface area contributed by atoms with Gasteiger partial charge < -0.3 is 4.90 Å². The third kappa shape index (κ3) is 3.68. The quantitative estimate of drug-likeness (QED) is 0.381. The summed E-state index contributed by atoms with van der Waals surface area (Å²) in [6, 6.07) is 20.2. The first kappa shape index (κ1) is 20.4. The van der Waals surface area contributed by atoms with Crippen LogP contribution in [-0.4, -0.2) is 32.5 Å². The minimum atomic E-state index is -3.80. The zero-order valence-corrected chi connectivity index (χ0v) is 19.1. The number of thiazole rings is 1. The van der Waals surface area contributed by atoms with Crippen molar-refractivity contribution in [1.29, 1.82) is 0 Å². The molecule has 0 amide bonds. The molecule has 6 nitrogen and oxygen atoms in total. The second kappa shape index (κ2) is 7.89. The Morgan fingerprint density at radius 2 is 1.72 bits per heavy atom. The van der Waals surface area contributed by atoms with Crippen LogP contribution in [0.5, 0.6) is 0 Å². The lowest BCUT2D eigenvalue weighted by atomic mass is 10.1. The molecule has 0 unspecified atom stereocenters. The summed E-state index contributed by atoms with van der Waals surface area (Å²) in [6.07, 6.45) is 3.49. The molecule has 5 rings (SSSR count). The van der Waals surface area contributed by atoms with E-state index in [0.29, 0.717) is 11.1 Å². The number of nitrogens with zero attached hydrogens (tertiary/aromatic N) is 3. The van der Waals surface area contributed by atoms with E-state index in [2.05, 4.69) is 14.7 Å². The highest BCUT2D eigenvalue weighted by molar-refractivity contribution is 7.93. The largest absolute Gasteiger partial charge is 0.377 e. The lowest BCUT2D eigenvalue weighted by Gasteiger charge is -2.17. The number of fused-ring (bicyclic) bond motifs is 2. The molecule has 5 aromatic rings. The number of rotatable bonds is 5. The summed E-state index contributed by atoms with van der Waals surface area (Å²) in [6.45, 7) is 0. The van der Waals surface area contributed by atoms with Crippen LogP contribution in [0.15, 0.2) is 84.0 Å². The Labute approximate surface area is 190 Å². The molecule has 1 N–H and O–H groups in total. The first-order valence-corrected chi connectivity index (χ1v) is 12.3. The van der Waals surface area contributed by atoms with Crippen LogP contribution in [0.3, 0.4) is 0 Å². The van der Waals surface area contributed by atoms with Gasteiger partial charge in [0.1, 0.15) is 5.01 Å². The van der Waals surface area contributed by atoms with Gasteiger partial charge in [-0.05, 0) is 30.3 Å². The van der Waals surface area contributed by atoms with Gasteiger partial charge in [0.2, 0.25) is 0 Å². The molecule has 2 aromatic heterocycles. The lowest BCUT2D eigenvalue weighted by Crippen LogP contribution is -2.14. The van der Waals surface area contributed by atoms with Crippen LogP contribution in [0.25, 0.3) is 31.6 Å². The highest BCUT2D eigenvalue weighted by Gasteiger charge is 2.19. The van der Waals surface area contributed by atoms with E-state index >= 15 is 0 Å². The molecule has 0 bridgehead atoms. The molecule has 0 atom stereocenters. The van der Waals surface area contributed by atoms with Crippen LogP contribution >= 0.6 is 11.3 Å². The van der Waals surface area contributed by atoms with E-state index in [1.807, 2.05) is 61.5 Å². The topological polar surface area (TPSA) is 75.2 Å². The van der Waals surface area contributed by atoms with Crippen LogP contribution in [0.4, 0.5) is 11.4 Å². The molecule has 0 saturated carbocycles. The standard InChI is InChI=1S/C24H20N4O2S2/c1-28(2)21-10-4-9-19-18(21)8-5-11-23(19)32(29,30)27-17-7-3-6-16(14-17)24-26-20-12-13-25-15-22(20)31-24/h3-15,27H,1-2H3. The fourth-order valence-corrected chi connectivity index (χ4v) is 5.92. The molecule has 0 radical (unpaired) electrons. The van der Waals surface area contributed by atoms with Gasteiger partial charge in [-0.15, -0.1) is 11.3 Å². The minimum Gasteiger partial charge on any atom is -0.377 e. The van der Waals surface area contributed by atoms with Crippen LogP contribution in [0, 0.1) is 0 Å². The molecular weight excluding hydrogens is 440 g/mol. The summed E-state index contributed by atoms with van der Waals surface area (Å²) in [5.41, 5.74) is 3.17. The summed E-state index contributed by atoms with van der Waals surface area (Å²) in [5, 5.41) is 2.38. The number of nitrogens with one attached hydrogen (secondary N) is 1. The third-order valence-corrected chi connectivity index (χ3v) is 7.68. The predicted octanol–water partition coefficient (Wildman–Crippen LogP) is 5.38. The zero-order valence-electron chi connectivity index (χ0n) is 17.5. The number of anilines is 2. The van der Waals surface area contributed by atoms with Crippen molar-refractivity contribution in [1.82, 2.24) is 9.97 Å². The van der Waals surface area contributed by atoms with Gasteiger partial charge in [-0.25, -0.2) is 13.4 Å². The Morgan fingerprint density at radius 3 is 2.53 bits per heavy atom. The fraction of sp³-hybridized carbons (Fsp3) is 0.0833. The molecule has 8 heteroatoms. The van der Waals surface area contributed by atoms with Crippen molar-refractivity contribution in [2.45, 2.75) is 4.90 Å². The molecule has 0 aliphatic carbocycles. The lowest BCUT2D eigenvalue weighted by molar-refractivity contribution is 0.602. The van der Waals surface area contributed by atoms with Gasteiger partial charge in [0.05, 0.1) is 15.1 Å². The van der Waals surface area contributed by atoms with E-state index in [9.17, 15) is 8.42 Å². The molecule has 32 heavy (non-hydrogen) atoms. The molecule has 0 spiro atoms. The molecule has 0 saturated heterocycles. The van der Waals surface area contributed by atoms with Crippen molar-refractivity contribution in [2.24, 2.45) is 0 Å². The molecular formula is C24H20N4O2S2. The summed E-state index contributed by atoms with van der Waals surface area (Å²) in [4.78, 5) is 11.0. The van der Waals surface area contributed by atoms with Crippen molar-refractivity contribution in [3.8, 4) is 10.6 Å². The summed E-state index contributed by atoms with van der Waals surface area (Å²) in [7, 11) is 0.0830. The van der Waals surface area contributed by atoms with Gasteiger partial charge in [-0.1, -0.05) is 36.4 Å². The first-order chi connectivity index (χ1) is 15.4. The third-order valence-electron chi connectivity index (χ3n) is 5.18. The highest BCUT2D eigenvalue weighted by Crippen LogP contribution is 2.33. The van der Waals surface area contributed by atoms with E-state index in [1.54, 1.807) is 36.7 Å². The van der Waals surface area contributed by atoms with Crippen molar-refractivity contribution >= 4 is 53.7 Å². The smallest absolute Gasteiger partial charge is 0.262 e. The second-order valence-electron chi connectivity index (χ2n) is 7.57. The maximum atomic E-state index is 13.3. The van der Waals surface area contributed by atoms with E-state index in [4.69, 9.17) is 0 Å². The predicted molar refractivity (Wildman–Crippen MR) is 132 cm³/mol. The van der Waals surface area contributed by atoms with Crippen molar-refractivity contribution in [3.63, 3.8) is 0 Å². The Bertz CT molecular complexity index is 1530. The van der Waals surface area contributed by atoms with Crippen molar-refractivity contribution < 1.29 is 8.42 Å². The van der Waals surface area contributed by atoms with Crippen LogP contribution in [0.2, 0.25) is 0 Å². The van der Waals surface area contributed by atoms with Gasteiger partial charge in [-0.2, -0.15) is 0 Å². The Balaban J connectivity index is 1.53. The first-order valence-electron chi connectivity index (χ1n) is 9.95. The Morgan fingerprint density at radius 1 is 0.938 bits per heavy atom. The monoisotopic (exact) mass is 460 g/mol. The van der Waals surface area contributed by atoms with Gasteiger partial charge in [0, 0.05) is 54.2 Å². The van der Waals surface area contributed by atoms with Crippen molar-refractivity contribution in [3.05, 3.63) is 79.1 Å². The molecule has 160 valence electrons. The average Bonchev–Trinajstić information content (AvgIpc) is 3.22. The van der Waals surface area contributed by atoms with Crippen LogP contribution in [0.1, 0.15) is 0 Å². The number of hydrogen-bond donors (Lipinski definition) is 1. The summed E-state index contributed by atoms with van der Waals surface area (Å²) >= 11 is 1.52. The number of aromatic nitrogens is 2. The maximum Gasteiger partial charge on any atom is 0.262 e. The maximum absolute atomic E-state index is 13.3. The van der Waals surface area contributed by atoms with Crippen LogP contribution in [-0.2, 0) is 10.0 Å². The van der Waals surface area contributed by atoms with Crippen LogP contribution < -0.4 is 9.62 Å². The van der Waals surface area contributed by atoms with E-state index in [0.717, 1.165) is 31.9 Å². The van der Waals surface area contributed by atoms with E-state index in [-0.39, 0.29) is 4.90 Å². The van der Waals surface area contributed by atoms with Gasteiger partial charge in [-0.3, -0.25) is 9.71 Å². The number of hydrogen-bond acceptors (Lipinski definition) is 6. The van der Waals surface area contributed by atoms with E-state index in [1.165, 1.54) is 11.3 Å². The minimum absolute atomic E-state index is 0.246. The van der Waals surface area contributed by atoms with Crippen molar-refractivity contribution in [2.75, 3.05) is 23.7 Å². The highest BCUT2D eigenvalue weighted by atomic mass is 32.2. The van der Waals surface area contributed by atoms with E-state index < -0.39 is 10.0 Å².